The Morgan fingerprint density at radius 3 is 0.857 bits per heavy atom. The number of hydrogen-bond acceptors (Lipinski definition) is 11. The van der Waals surface area contributed by atoms with Gasteiger partial charge >= 0.3 is 0 Å². The molecule has 328 valence electrons. The van der Waals surface area contributed by atoms with Crippen LogP contribution in [-0.4, -0.2) is 155 Å². The summed E-state index contributed by atoms with van der Waals surface area (Å²) in [5, 5.41) is 14.3. The van der Waals surface area contributed by atoms with Crippen LogP contribution in [0.5, 0.6) is 0 Å². The zero-order valence-electron chi connectivity index (χ0n) is 35.4. The molecule has 0 fully saturated rings. The molecule has 11 N–H and O–H groups in total. The first-order valence-electron chi connectivity index (χ1n) is 21.8. The van der Waals surface area contributed by atoms with E-state index in [0.717, 1.165) is 38.5 Å². The van der Waals surface area contributed by atoms with Crippen LogP contribution in [0.25, 0.3) is 0 Å². The van der Waals surface area contributed by atoms with Crippen LogP contribution in [-0.2, 0) is 24.0 Å². The maximum Gasteiger partial charge on any atom is 0.234 e. The van der Waals surface area contributed by atoms with Gasteiger partial charge in [-0.15, -0.1) is 0 Å². The number of amides is 5. The minimum atomic E-state index is -0.244. The molecule has 16 nitrogen and oxygen atoms in total. The van der Waals surface area contributed by atoms with Crippen molar-refractivity contribution in [3.8, 4) is 0 Å². The largest absolute Gasteiger partial charge is 0.355 e. The first-order chi connectivity index (χ1) is 27.2. The molecule has 16 heteroatoms. The fourth-order valence-corrected chi connectivity index (χ4v) is 6.17. The summed E-state index contributed by atoms with van der Waals surface area (Å²) in [5.41, 5.74) is 16.8. The van der Waals surface area contributed by atoms with Crippen molar-refractivity contribution in [3.63, 3.8) is 0 Å². The molecule has 0 saturated heterocycles. The Balaban J connectivity index is 5.45. The molecule has 0 bridgehead atoms. The Hall–Kier alpha value is -2.89. The first kappa shape index (κ1) is 53.1. The molecule has 0 unspecified atom stereocenters. The third kappa shape index (κ3) is 34.4. The van der Waals surface area contributed by atoms with Gasteiger partial charge in [0.1, 0.15) is 0 Å². The molecule has 0 aromatic rings. The van der Waals surface area contributed by atoms with Gasteiger partial charge in [0.15, 0.2) is 0 Å². The highest BCUT2D eigenvalue weighted by Gasteiger charge is 2.20. The molecule has 0 aromatic heterocycles. The minimum Gasteiger partial charge on any atom is -0.355 e. The smallest absolute Gasteiger partial charge is 0.234 e. The Morgan fingerprint density at radius 1 is 0.339 bits per heavy atom. The number of nitrogens with zero attached hydrogens (tertiary/aromatic N) is 3. The Bertz CT molecular complexity index is 942. The highest BCUT2D eigenvalue weighted by molar-refractivity contribution is 5.82. The van der Waals surface area contributed by atoms with Gasteiger partial charge in [-0.05, 0) is 12.8 Å². The third-order valence-corrected chi connectivity index (χ3v) is 9.41. The molecule has 0 rings (SSSR count). The third-order valence-electron chi connectivity index (χ3n) is 9.41. The average molecular weight is 798 g/mol. The van der Waals surface area contributed by atoms with Gasteiger partial charge in [0.25, 0.3) is 0 Å². The second-order valence-corrected chi connectivity index (χ2v) is 14.8. The maximum absolute atomic E-state index is 13.0. The number of nitrogens with two attached hydrogens (primary N) is 3. The van der Waals surface area contributed by atoms with Crippen molar-refractivity contribution in [1.82, 2.24) is 41.3 Å². The van der Waals surface area contributed by atoms with Gasteiger partial charge in [-0.1, -0.05) is 104 Å². The van der Waals surface area contributed by atoms with E-state index in [0.29, 0.717) is 78.5 Å². The molecule has 0 aromatic carbocycles. The summed E-state index contributed by atoms with van der Waals surface area (Å²) in [6, 6.07) is 0. The molecule has 0 heterocycles. The lowest BCUT2D eigenvalue weighted by molar-refractivity contribution is -0.126. The van der Waals surface area contributed by atoms with Crippen LogP contribution in [0.15, 0.2) is 0 Å². The minimum absolute atomic E-state index is 0.00907. The van der Waals surface area contributed by atoms with E-state index < -0.39 is 0 Å². The van der Waals surface area contributed by atoms with Crippen LogP contribution in [0.3, 0.4) is 0 Å². The van der Waals surface area contributed by atoms with E-state index in [1.54, 1.807) is 9.80 Å². The van der Waals surface area contributed by atoms with E-state index in [2.05, 4.69) is 40.4 Å². The van der Waals surface area contributed by atoms with Crippen molar-refractivity contribution in [2.24, 2.45) is 17.2 Å². The van der Waals surface area contributed by atoms with Crippen LogP contribution in [0.4, 0.5) is 0 Å². The highest BCUT2D eigenvalue weighted by atomic mass is 16.2. The molecule has 56 heavy (non-hydrogen) atoms. The van der Waals surface area contributed by atoms with E-state index >= 15 is 0 Å². The summed E-state index contributed by atoms with van der Waals surface area (Å²) in [5.74, 6) is -1.04. The molecule has 5 amide bonds. The van der Waals surface area contributed by atoms with Crippen LogP contribution in [0.1, 0.15) is 117 Å². The van der Waals surface area contributed by atoms with Crippen molar-refractivity contribution >= 4 is 29.5 Å². The van der Waals surface area contributed by atoms with Crippen molar-refractivity contribution < 1.29 is 24.0 Å². The van der Waals surface area contributed by atoms with Gasteiger partial charge in [-0.2, -0.15) is 0 Å². The average Bonchev–Trinajstić information content (AvgIpc) is 3.17. The first-order valence-corrected chi connectivity index (χ1v) is 21.8. The molecule has 0 atom stereocenters. The SMILES string of the molecule is CCCCCCCCCCNC(=O)CN(CCN(CCN(CC(=O)NCCN)CC(=O)NCCCCCCCCCC)CC(=O)NCCN)CC(=O)NCCN. The highest BCUT2D eigenvalue weighted by Crippen LogP contribution is 2.09. The van der Waals surface area contributed by atoms with Crippen LogP contribution in [0.2, 0.25) is 0 Å². The number of carbonyl (C=O) groups is 5. The second kappa shape index (κ2) is 39.0. The lowest BCUT2D eigenvalue weighted by atomic mass is 10.1. The van der Waals surface area contributed by atoms with Crippen LogP contribution < -0.4 is 43.8 Å². The number of nitrogens with one attached hydrogen (secondary N) is 5. The van der Waals surface area contributed by atoms with E-state index in [-0.39, 0.29) is 62.3 Å². The summed E-state index contributed by atoms with van der Waals surface area (Å²) in [6.07, 6.45) is 18.7. The van der Waals surface area contributed by atoms with E-state index in [9.17, 15) is 24.0 Å². The standard InChI is InChI=1S/C40H83N11O5/c1-3-5-7-9-11-13-15-17-22-44-37(53)32-50(34-39(55)47-25-20-42)29-27-49(31-36(52)46-24-19-41)28-30-51(35-40(56)48-26-21-43)33-38(54)45-23-18-16-14-12-10-8-6-4-2/h3-35,41-43H2,1-2H3,(H,44,53)(H,45,54)(H,46,52)(H,47,55)(H,48,56). The predicted octanol–water partition coefficient (Wildman–Crippen LogP) is 0.631. The monoisotopic (exact) mass is 798 g/mol. The van der Waals surface area contributed by atoms with Gasteiger partial charge in [0.2, 0.25) is 29.5 Å². The molecular weight excluding hydrogens is 715 g/mol. The van der Waals surface area contributed by atoms with Gasteiger partial charge in [0.05, 0.1) is 32.7 Å². The number of unbranched alkanes of at least 4 members (excludes halogenated alkanes) is 14. The van der Waals surface area contributed by atoms with E-state index in [1.165, 1.54) is 64.2 Å². The summed E-state index contributed by atoms with van der Waals surface area (Å²) in [7, 11) is 0. The fraction of sp³-hybridized carbons (Fsp3) is 0.875. The Kier molecular flexibility index (Phi) is 36.9. The lowest BCUT2D eigenvalue weighted by Gasteiger charge is -2.29. The number of hydrogen-bond donors (Lipinski definition) is 8. The Labute approximate surface area is 339 Å². The topological polar surface area (TPSA) is 233 Å². The second-order valence-electron chi connectivity index (χ2n) is 14.8. The molecule has 0 radical (unpaired) electrons. The van der Waals surface area contributed by atoms with Gasteiger partial charge < -0.3 is 43.8 Å². The molecule has 0 saturated carbocycles. The summed E-state index contributed by atoms with van der Waals surface area (Å²) in [6.45, 7) is 8.86. The van der Waals surface area contributed by atoms with Crippen molar-refractivity contribution in [3.05, 3.63) is 0 Å². The Morgan fingerprint density at radius 2 is 0.571 bits per heavy atom. The van der Waals surface area contributed by atoms with Crippen LogP contribution in [0, 0.1) is 0 Å². The van der Waals surface area contributed by atoms with E-state index in [1.807, 2.05) is 4.90 Å². The molecular formula is C40H83N11O5. The van der Waals surface area contributed by atoms with Gasteiger partial charge in [0, 0.05) is 78.5 Å². The summed E-state index contributed by atoms with van der Waals surface area (Å²) < 4.78 is 0. The van der Waals surface area contributed by atoms with Crippen molar-refractivity contribution in [1.29, 1.82) is 0 Å². The molecule has 0 aliphatic rings. The number of rotatable bonds is 40. The summed E-state index contributed by atoms with van der Waals surface area (Å²) in [4.78, 5) is 69.7. The van der Waals surface area contributed by atoms with E-state index in [4.69, 9.17) is 17.2 Å². The predicted molar refractivity (Wildman–Crippen MR) is 227 cm³/mol. The van der Waals surface area contributed by atoms with Gasteiger partial charge in [-0.3, -0.25) is 38.7 Å². The fourth-order valence-electron chi connectivity index (χ4n) is 6.17. The molecule has 0 aliphatic heterocycles. The summed E-state index contributed by atoms with van der Waals surface area (Å²) >= 11 is 0. The lowest BCUT2D eigenvalue weighted by Crippen LogP contribution is -2.50. The zero-order valence-corrected chi connectivity index (χ0v) is 35.4. The quantitative estimate of drug-likeness (QED) is 0.0401. The normalized spacial score (nSPS) is 11.3. The van der Waals surface area contributed by atoms with Crippen LogP contribution >= 0.6 is 0 Å². The number of carbonyl (C=O) groups excluding carboxylic acids is 5. The van der Waals surface area contributed by atoms with Crippen molar-refractivity contribution in [2.45, 2.75) is 117 Å². The van der Waals surface area contributed by atoms with Crippen molar-refractivity contribution in [2.75, 3.05) is 111 Å². The van der Waals surface area contributed by atoms with Gasteiger partial charge in [-0.25, -0.2) is 0 Å². The molecule has 0 aliphatic carbocycles. The maximum atomic E-state index is 13.0. The zero-order chi connectivity index (χ0) is 41.5. The molecule has 0 spiro atoms.